The molecule has 0 unspecified atom stereocenters. The topological polar surface area (TPSA) is 15.8 Å². The molecule has 0 amide bonds. The predicted octanol–water partition coefficient (Wildman–Crippen LogP) is 5.79. The summed E-state index contributed by atoms with van der Waals surface area (Å²) in [6, 6.07) is 24.7. The van der Waals surface area contributed by atoms with Crippen LogP contribution in [0.4, 0.5) is 0 Å². The minimum Gasteiger partial charge on any atom is -0.477 e. The average molecular weight is 425 g/mol. The number of benzene rings is 2. The molecule has 1 N–H and O–H groups in total. The molecule has 0 radical (unpaired) electrons. The van der Waals surface area contributed by atoms with Crippen LogP contribution in [0, 0.1) is 13.6 Å². The fourth-order valence-electron chi connectivity index (χ4n) is 2.00. The molecule has 0 bridgehead atoms. The van der Waals surface area contributed by atoms with Crippen molar-refractivity contribution in [3.63, 3.8) is 0 Å². The third-order valence-corrected chi connectivity index (χ3v) is 2.94. The van der Waals surface area contributed by atoms with E-state index >= 15 is 0 Å². The standard InChI is InChI=1S/C9H7.C8H6N.CH3.CH2.2ClH.Zr/c1-2-5-9-7-3-6-8(9)4-1;1-2-4-8-7(3-1)5-6-9-8;;;;;/h1-7H;1-5,9H;1H3;1H2;2*1H;/q3*-1;;;;. The Kier molecular flexibility index (Phi) is 14.1. The summed E-state index contributed by atoms with van der Waals surface area (Å²) in [4.78, 5) is 2.99. The van der Waals surface area contributed by atoms with Crippen LogP contribution in [-0.4, -0.2) is 9.20 Å². The summed E-state index contributed by atoms with van der Waals surface area (Å²) >= 11 is 1.30. The molecule has 0 aliphatic heterocycles. The zero-order chi connectivity index (χ0) is 14.2. The van der Waals surface area contributed by atoms with E-state index in [1.54, 1.807) is 0 Å². The molecule has 1 nitrogen and oxygen atoms in total. The van der Waals surface area contributed by atoms with Crippen LogP contribution in [0.15, 0.2) is 72.8 Å². The second kappa shape index (κ2) is 13.4. The molecule has 1 aromatic heterocycles. The molecule has 0 saturated heterocycles. The molecule has 1 heterocycles. The minimum atomic E-state index is 0. The van der Waals surface area contributed by atoms with E-state index in [0.29, 0.717) is 0 Å². The Bertz CT molecular complexity index is 650. The molecule has 0 spiro atoms. The number of hydrogen-bond acceptors (Lipinski definition) is 0. The molecule has 0 atom stereocenters. The molecular formula is C19H20Cl2NZr-3. The van der Waals surface area contributed by atoms with Crippen molar-refractivity contribution in [3.8, 4) is 0 Å². The maximum Gasteiger partial charge on any atom is -0.0745 e. The number of aromatic amines is 1. The molecular weight excluding hydrogens is 404 g/mol. The quantitative estimate of drug-likeness (QED) is 0.344. The smallest absolute Gasteiger partial charge is 0.0745 e. The van der Waals surface area contributed by atoms with Gasteiger partial charge < -0.3 is 12.4 Å². The molecule has 0 fully saturated rings. The van der Waals surface area contributed by atoms with Crippen LogP contribution in [0.3, 0.4) is 0 Å². The molecule has 0 saturated carbocycles. The van der Waals surface area contributed by atoms with Gasteiger partial charge in [-0.1, -0.05) is 18.2 Å². The summed E-state index contributed by atoms with van der Waals surface area (Å²) in [5, 5.41) is 3.88. The van der Waals surface area contributed by atoms with Crippen LogP contribution in [0.5, 0.6) is 0 Å². The monoisotopic (exact) mass is 422 g/mol. The van der Waals surface area contributed by atoms with Gasteiger partial charge in [0, 0.05) is 0 Å². The Hall–Kier alpha value is -1.08. The Balaban J connectivity index is 0. The fourth-order valence-corrected chi connectivity index (χ4v) is 2.00. The summed E-state index contributed by atoms with van der Waals surface area (Å²) in [6.07, 6.45) is 2.91. The van der Waals surface area contributed by atoms with Crippen LogP contribution < -0.4 is 0 Å². The van der Waals surface area contributed by atoms with Gasteiger partial charge in [-0.3, -0.25) is 0 Å². The normalized spacial score (nSPS) is 8.13. The Morgan fingerprint density at radius 3 is 2.13 bits per heavy atom. The van der Waals surface area contributed by atoms with E-state index in [2.05, 4.69) is 63.9 Å². The van der Waals surface area contributed by atoms with E-state index in [4.69, 9.17) is 0 Å². The number of rotatable bonds is 0. The molecule has 23 heavy (non-hydrogen) atoms. The second-order valence-corrected chi connectivity index (χ2v) is 4.16. The van der Waals surface area contributed by atoms with Gasteiger partial charge in [-0.15, -0.1) is 78.3 Å². The number of nitrogens with one attached hydrogen (secondary N) is 1. The van der Waals surface area contributed by atoms with E-state index in [9.17, 15) is 0 Å². The SMILES string of the molecule is Cl.Cl.[CH2]=[Zr].[CH3-].[c-]1cc2ccccc2[nH]1.c1ccc2[cH-]ccc2c1. The van der Waals surface area contributed by atoms with Gasteiger partial charge in [-0.25, -0.2) is 0 Å². The van der Waals surface area contributed by atoms with E-state index in [1.165, 1.54) is 40.4 Å². The summed E-state index contributed by atoms with van der Waals surface area (Å²) in [7, 11) is 0. The molecule has 4 rings (SSSR count). The third-order valence-electron chi connectivity index (χ3n) is 2.94. The summed E-state index contributed by atoms with van der Waals surface area (Å²) in [5.41, 5.74) is 1.15. The number of hydrogen-bond donors (Lipinski definition) is 1. The van der Waals surface area contributed by atoms with E-state index in [1.807, 2.05) is 24.3 Å². The van der Waals surface area contributed by atoms with Gasteiger partial charge >= 0.3 is 28.4 Å². The number of aromatic nitrogens is 1. The van der Waals surface area contributed by atoms with Gasteiger partial charge in [0.1, 0.15) is 0 Å². The maximum atomic E-state index is 3.34. The molecule has 122 valence electrons. The Morgan fingerprint density at radius 1 is 0.870 bits per heavy atom. The van der Waals surface area contributed by atoms with Gasteiger partial charge in [-0.2, -0.15) is 29.0 Å². The van der Waals surface area contributed by atoms with Crippen molar-refractivity contribution < 1.29 is 24.2 Å². The second-order valence-electron chi connectivity index (χ2n) is 4.16. The number of H-pyrrole nitrogens is 1. The van der Waals surface area contributed by atoms with Gasteiger partial charge in [0.2, 0.25) is 0 Å². The maximum absolute atomic E-state index is 3.34. The van der Waals surface area contributed by atoms with Crippen molar-refractivity contribution in [1.82, 2.24) is 4.98 Å². The average Bonchev–Trinajstić information content (AvgIpc) is 3.18. The molecule has 4 aromatic rings. The summed E-state index contributed by atoms with van der Waals surface area (Å²) in [5.74, 6) is 0. The van der Waals surface area contributed by atoms with Gasteiger partial charge in [0.15, 0.2) is 0 Å². The summed E-state index contributed by atoms with van der Waals surface area (Å²) in [6.45, 7) is 0. The summed E-state index contributed by atoms with van der Waals surface area (Å²) < 4.78 is 3.34. The zero-order valence-electron chi connectivity index (χ0n) is 13.0. The first kappa shape index (κ1) is 24.2. The number of para-hydroxylation sites is 1. The van der Waals surface area contributed by atoms with Crippen molar-refractivity contribution in [2.45, 2.75) is 0 Å². The molecule has 0 aliphatic carbocycles. The first-order chi connectivity index (χ1) is 9.93. The van der Waals surface area contributed by atoms with Gasteiger partial charge in [-0.05, 0) is 0 Å². The van der Waals surface area contributed by atoms with Crippen LogP contribution >= 0.6 is 24.8 Å². The van der Waals surface area contributed by atoms with Gasteiger partial charge in [0.25, 0.3) is 0 Å². The third kappa shape index (κ3) is 6.91. The molecule has 3 aromatic carbocycles. The van der Waals surface area contributed by atoms with E-state index < -0.39 is 0 Å². The van der Waals surface area contributed by atoms with Crippen LogP contribution in [0.1, 0.15) is 0 Å². The van der Waals surface area contributed by atoms with E-state index in [0.717, 1.165) is 5.52 Å². The number of halogens is 2. The predicted molar refractivity (Wildman–Crippen MR) is 105 cm³/mol. The Morgan fingerprint density at radius 2 is 1.48 bits per heavy atom. The van der Waals surface area contributed by atoms with Crippen molar-refractivity contribution in [2.24, 2.45) is 0 Å². The van der Waals surface area contributed by atoms with Crippen molar-refractivity contribution in [2.75, 3.05) is 0 Å². The minimum absolute atomic E-state index is 0. The van der Waals surface area contributed by atoms with Crippen LogP contribution in [0.25, 0.3) is 21.7 Å². The molecule has 0 aliphatic rings. The first-order valence-electron chi connectivity index (χ1n) is 6.33. The zero-order valence-corrected chi connectivity index (χ0v) is 17.0. The van der Waals surface area contributed by atoms with Crippen molar-refractivity contribution >= 4 is 50.7 Å². The van der Waals surface area contributed by atoms with E-state index in [-0.39, 0.29) is 32.2 Å². The van der Waals surface area contributed by atoms with Crippen LogP contribution in [-0.2, 0) is 24.2 Å². The number of fused-ring (bicyclic) bond motifs is 2. The Labute approximate surface area is 165 Å². The van der Waals surface area contributed by atoms with Crippen molar-refractivity contribution in [1.29, 1.82) is 0 Å². The molecule has 4 heteroatoms. The first-order valence-corrected chi connectivity index (χ1v) is 8.07. The van der Waals surface area contributed by atoms with Gasteiger partial charge in [0.05, 0.1) is 0 Å². The largest absolute Gasteiger partial charge is 0.477 e. The van der Waals surface area contributed by atoms with Crippen LogP contribution in [0.2, 0.25) is 0 Å². The fraction of sp³-hybridized carbons (Fsp3) is 0. The van der Waals surface area contributed by atoms with Crippen molar-refractivity contribution in [3.05, 3.63) is 86.4 Å².